The summed E-state index contributed by atoms with van der Waals surface area (Å²) >= 11 is 0. The Balaban J connectivity index is 1.58. The van der Waals surface area contributed by atoms with Crippen LogP contribution >= 0.6 is 0 Å². The number of carbonyl (C=O) groups excluding carboxylic acids is 2. The number of nitrogens with one attached hydrogen (secondary N) is 2. The maximum atomic E-state index is 12.9. The third-order valence-corrected chi connectivity index (χ3v) is 4.08. The van der Waals surface area contributed by atoms with Gasteiger partial charge in [-0.3, -0.25) is 9.59 Å². The third kappa shape index (κ3) is 5.20. The van der Waals surface area contributed by atoms with E-state index in [0.29, 0.717) is 24.3 Å². The molecule has 0 aliphatic heterocycles. The summed E-state index contributed by atoms with van der Waals surface area (Å²) in [4.78, 5) is 31.7. The Bertz CT molecular complexity index is 972. The number of amides is 1. The molecule has 3 rings (SSSR count). The minimum atomic E-state index is -0.320. The van der Waals surface area contributed by atoms with E-state index >= 15 is 0 Å². The smallest absolute Gasteiger partial charge is 0.270 e. The lowest BCUT2D eigenvalue weighted by molar-refractivity contribution is 0.0948. The van der Waals surface area contributed by atoms with E-state index in [1.807, 2.05) is 0 Å². The average molecular weight is 378 g/mol. The van der Waals surface area contributed by atoms with Crippen LogP contribution in [0.5, 0.6) is 0 Å². The van der Waals surface area contributed by atoms with Crippen LogP contribution in [0.3, 0.4) is 0 Å². The molecule has 0 unspecified atom stereocenters. The molecule has 0 atom stereocenters. The van der Waals surface area contributed by atoms with Crippen molar-refractivity contribution in [3.8, 4) is 0 Å². The summed E-state index contributed by atoms with van der Waals surface area (Å²) in [5, 5.41) is 5.86. The van der Waals surface area contributed by atoms with Crippen LogP contribution in [0.15, 0.2) is 60.9 Å². The summed E-state index contributed by atoms with van der Waals surface area (Å²) in [6, 6.07) is 14.7. The van der Waals surface area contributed by atoms with E-state index in [1.54, 1.807) is 42.5 Å². The van der Waals surface area contributed by atoms with Crippen LogP contribution < -0.4 is 10.6 Å². The van der Waals surface area contributed by atoms with Crippen molar-refractivity contribution in [3.63, 3.8) is 0 Å². The minimum Gasteiger partial charge on any atom is -0.350 e. The van der Waals surface area contributed by atoms with Gasteiger partial charge in [-0.25, -0.2) is 14.4 Å². The molecular weight excluding hydrogens is 359 g/mol. The highest BCUT2D eigenvalue weighted by molar-refractivity contribution is 5.94. The number of rotatable bonds is 7. The monoisotopic (exact) mass is 378 g/mol. The first-order valence-corrected chi connectivity index (χ1v) is 8.74. The van der Waals surface area contributed by atoms with Gasteiger partial charge in [-0.05, 0) is 55.3 Å². The van der Waals surface area contributed by atoms with Gasteiger partial charge >= 0.3 is 0 Å². The molecule has 28 heavy (non-hydrogen) atoms. The van der Waals surface area contributed by atoms with Crippen molar-refractivity contribution >= 4 is 23.2 Å². The van der Waals surface area contributed by atoms with Crippen LogP contribution in [-0.2, 0) is 6.42 Å². The van der Waals surface area contributed by atoms with Crippen molar-refractivity contribution < 1.29 is 14.0 Å². The second-order valence-corrected chi connectivity index (χ2v) is 6.18. The molecule has 0 bridgehead atoms. The maximum Gasteiger partial charge on any atom is 0.270 e. The molecule has 1 aromatic heterocycles. The van der Waals surface area contributed by atoms with Gasteiger partial charge in [0.25, 0.3) is 5.91 Å². The molecular formula is C21H19FN4O2. The second kappa shape index (κ2) is 8.85. The fourth-order valence-corrected chi connectivity index (χ4v) is 2.55. The molecule has 6 nitrogen and oxygen atoms in total. The lowest BCUT2D eigenvalue weighted by atomic mass is 10.1. The summed E-state index contributed by atoms with van der Waals surface area (Å²) in [6.07, 6.45) is 1.89. The molecule has 0 aliphatic rings. The van der Waals surface area contributed by atoms with Crippen LogP contribution in [0.1, 0.15) is 33.3 Å². The van der Waals surface area contributed by atoms with Gasteiger partial charge in [0.05, 0.1) is 0 Å². The van der Waals surface area contributed by atoms with Crippen molar-refractivity contribution in [3.05, 3.63) is 83.6 Å². The van der Waals surface area contributed by atoms with E-state index in [-0.39, 0.29) is 23.2 Å². The molecule has 2 aromatic carbocycles. The Morgan fingerprint density at radius 3 is 2.39 bits per heavy atom. The Labute approximate surface area is 161 Å². The number of carbonyl (C=O) groups is 2. The average Bonchev–Trinajstić information content (AvgIpc) is 2.70. The van der Waals surface area contributed by atoms with Crippen LogP contribution in [0, 0.1) is 5.82 Å². The highest BCUT2D eigenvalue weighted by atomic mass is 19.1. The molecule has 0 spiro atoms. The van der Waals surface area contributed by atoms with Gasteiger partial charge in [-0.15, -0.1) is 0 Å². The zero-order valence-electron chi connectivity index (χ0n) is 15.3. The zero-order valence-corrected chi connectivity index (χ0v) is 15.3. The van der Waals surface area contributed by atoms with E-state index in [0.717, 1.165) is 11.3 Å². The Hall–Kier alpha value is -3.61. The summed E-state index contributed by atoms with van der Waals surface area (Å²) in [5.74, 6) is -0.147. The molecule has 142 valence electrons. The molecule has 1 heterocycles. The quantitative estimate of drug-likeness (QED) is 0.615. The summed E-state index contributed by atoms with van der Waals surface area (Å²) in [5.41, 5.74) is 2.53. The molecule has 0 fully saturated rings. The number of halogens is 1. The highest BCUT2D eigenvalue weighted by Gasteiger charge is 2.09. The van der Waals surface area contributed by atoms with Crippen molar-refractivity contribution in [2.24, 2.45) is 0 Å². The summed E-state index contributed by atoms with van der Waals surface area (Å²) in [7, 11) is 0. The zero-order chi connectivity index (χ0) is 19.9. The molecule has 0 saturated heterocycles. The molecule has 0 saturated carbocycles. The molecule has 1 amide bonds. The number of nitrogens with zero attached hydrogens (tertiary/aromatic N) is 2. The first kappa shape index (κ1) is 19.2. The lowest BCUT2D eigenvalue weighted by Crippen LogP contribution is -2.26. The Morgan fingerprint density at radius 1 is 1.00 bits per heavy atom. The second-order valence-electron chi connectivity index (χ2n) is 6.18. The fraction of sp³-hybridized carbons (Fsp3) is 0.143. The predicted octanol–water partition coefficient (Wildman–Crippen LogP) is 3.53. The minimum absolute atomic E-state index is 0.00631. The standard InChI is InChI=1S/C21H19FN4O2/c1-14(27)16-4-8-18(9-5-16)26-20-12-19(24-13-25-20)21(28)23-11-10-15-2-6-17(22)7-3-15/h2-9,12-13H,10-11H2,1H3,(H,23,28)(H,24,25,26). The van der Waals surface area contributed by atoms with Gasteiger partial charge in [0, 0.05) is 23.9 Å². The van der Waals surface area contributed by atoms with E-state index in [4.69, 9.17) is 0 Å². The number of Topliss-reactive ketones (excluding diaryl/α,β-unsaturated/α-hetero) is 1. The molecule has 0 radical (unpaired) electrons. The SMILES string of the molecule is CC(=O)c1ccc(Nc2cc(C(=O)NCCc3ccc(F)cc3)ncn2)cc1. The van der Waals surface area contributed by atoms with E-state index in [1.165, 1.54) is 25.4 Å². The first-order valence-electron chi connectivity index (χ1n) is 8.74. The van der Waals surface area contributed by atoms with Crippen molar-refractivity contribution in [2.45, 2.75) is 13.3 Å². The molecule has 0 aliphatic carbocycles. The van der Waals surface area contributed by atoms with Crippen LogP contribution in [0.2, 0.25) is 0 Å². The van der Waals surface area contributed by atoms with Gasteiger partial charge in [0.15, 0.2) is 5.78 Å². The number of hydrogen-bond donors (Lipinski definition) is 2. The van der Waals surface area contributed by atoms with Gasteiger partial charge in [0.2, 0.25) is 0 Å². The lowest BCUT2D eigenvalue weighted by Gasteiger charge is -2.08. The van der Waals surface area contributed by atoms with E-state index < -0.39 is 0 Å². The van der Waals surface area contributed by atoms with Crippen LogP contribution in [0.4, 0.5) is 15.9 Å². The number of benzene rings is 2. The fourth-order valence-electron chi connectivity index (χ4n) is 2.55. The first-order chi connectivity index (χ1) is 13.5. The number of hydrogen-bond acceptors (Lipinski definition) is 5. The number of ketones is 1. The normalized spacial score (nSPS) is 10.4. The third-order valence-electron chi connectivity index (χ3n) is 4.08. The van der Waals surface area contributed by atoms with Gasteiger partial charge in [0.1, 0.15) is 23.7 Å². The van der Waals surface area contributed by atoms with Crippen molar-refractivity contribution in [1.29, 1.82) is 0 Å². The molecule has 7 heteroatoms. The van der Waals surface area contributed by atoms with Crippen LogP contribution in [0.25, 0.3) is 0 Å². The summed E-state index contributed by atoms with van der Waals surface area (Å²) < 4.78 is 12.9. The number of aromatic nitrogens is 2. The van der Waals surface area contributed by atoms with Crippen molar-refractivity contribution in [1.82, 2.24) is 15.3 Å². The van der Waals surface area contributed by atoms with E-state index in [9.17, 15) is 14.0 Å². The highest BCUT2D eigenvalue weighted by Crippen LogP contribution is 2.16. The molecule has 3 aromatic rings. The maximum absolute atomic E-state index is 12.9. The Morgan fingerprint density at radius 2 is 1.71 bits per heavy atom. The molecule has 2 N–H and O–H groups in total. The van der Waals surface area contributed by atoms with Gasteiger partial charge in [-0.1, -0.05) is 12.1 Å². The van der Waals surface area contributed by atoms with Gasteiger partial charge < -0.3 is 10.6 Å². The number of anilines is 2. The summed E-state index contributed by atoms with van der Waals surface area (Å²) in [6.45, 7) is 1.91. The topological polar surface area (TPSA) is 84.0 Å². The van der Waals surface area contributed by atoms with E-state index in [2.05, 4.69) is 20.6 Å². The Kier molecular flexibility index (Phi) is 6.06. The van der Waals surface area contributed by atoms with Gasteiger partial charge in [-0.2, -0.15) is 0 Å². The van der Waals surface area contributed by atoms with Crippen molar-refractivity contribution in [2.75, 3.05) is 11.9 Å². The largest absolute Gasteiger partial charge is 0.350 e. The predicted molar refractivity (Wildman–Crippen MR) is 104 cm³/mol. The van der Waals surface area contributed by atoms with Crippen LogP contribution in [-0.4, -0.2) is 28.2 Å².